The van der Waals surface area contributed by atoms with Crippen LogP contribution in [0.5, 0.6) is 5.75 Å². The minimum absolute atomic E-state index is 0.195. The third-order valence-corrected chi connectivity index (χ3v) is 9.82. The molecule has 14 nitrogen and oxygen atoms in total. The Morgan fingerprint density at radius 1 is 1.15 bits per heavy atom. The molecule has 1 aliphatic heterocycles. The quantitative estimate of drug-likeness (QED) is 0.153. The Morgan fingerprint density at radius 3 is 2.61 bits per heavy atom. The first-order valence-electron chi connectivity index (χ1n) is 15.7. The molecule has 0 bridgehead atoms. The van der Waals surface area contributed by atoms with E-state index in [1.807, 2.05) is 6.92 Å². The van der Waals surface area contributed by atoms with Crippen molar-refractivity contribution < 1.29 is 42.9 Å². The Hall–Kier alpha value is -3.39. The maximum atomic E-state index is 14.1. The van der Waals surface area contributed by atoms with E-state index in [4.69, 9.17) is 18.5 Å². The number of rotatable bonds is 13. The second kappa shape index (κ2) is 14.6. The molecule has 1 amide bonds. The number of ether oxygens (including phenoxy) is 2. The van der Waals surface area contributed by atoms with Gasteiger partial charge in [0, 0.05) is 6.42 Å². The van der Waals surface area contributed by atoms with Crippen molar-refractivity contribution in [1.82, 2.24) is 19.7 Å². The number of esters is 1. The Bertz CT molecular complexity index is 1550. The van der Waals surface area contributed by atoms with Crippen LogP contribution in [0.3, 0.4) is 0 Å². The number of hydrogen-bond acceptors (Lipinski definition) is 11. The van der Waals surface area contributed by atoms with Crippen LogP contribution in [0.4, 0.5) is 5.82 Å². The molecule has 1 aromatic carbocycles. The molecule has 250 valence electrons. The molecule has 15 heteroatoms. The smallest absolute Gasteiger partial charge is 0.459 e. The van der Waals surface area contributed by atoms with Gasteiger partial charge in [0.15, 0.2) is 5.82 Å². The van der Waals surface area contributed by atoms with Gasteiger partial charge in [0.2, 0.25) is 5.91 Å². The van der Waals surface area contributed by atoms with E-state index in [1.165, 1.54) is 24.7 Å². The highest BCUT2D eigenvalue weighted by Gasteiger charge is 2.54. The van der Waals surface area contributed by atoms with Crippen LogP contribution in [0.15, 0.2) is 48.8 Å². The standard InChI is InChI=1S/C31H42N5O9P/c1-4-11-25(37)34-29-24-17-16-23(36(24)33-19-32-29)27-26(38)28(39)31(3,44-27)18-42-46(41,45-22-14-9-6-10-15-22)35-20(2)30(40)43-21-12-7-5-8-13-21/h6,9-10,14-17,19-21,26-28,38-39H,4-5,7-8,11-13,18H2,1-3H3,(H,35,41)(H,32,33,34,37)/t20-,26-,27-,28-,31+,46-/m0/s1. The number of para-hydroxylation sites is 1. The lowest BCUT2D eigenvalue weighted by molar-refractivity contribution is -0.152. The van der Waals surface area contributed by atoms with E-state index in [0.717, 1.165) is 32.1 Å². The molecule has 0 spiro atoms. The Balaban J connectivity index is 1.32. The molecule has 0 unspecified atom stereocenters. The molecular weight excluding hydrogens is 617 g/mol. The van der Waals surface area contributed by atoms with Crippen LogP contribution in [-0.2, 0) is 28.2 Å². The summed E-state index contributed by atoms with van der Waals surface area (Å²) in [6, 6.07) is 10.6. The Labute approximate surface area is 267 Å². The molecular formula is C31H42N5O9P. The maximum absolute atomic E-state index is 14.1. The predicted octanol–water partition coefficient (Wildman–Crippen LogP) is 4.08. The second-order valence-corrected chi connectivity index (χ2v) is 13.7. The molecule has 1 saturated heterocycles. The Morgan fingerprint density at radius 2 is 1.89 bits per heavy atom. The highest BCUT2D eigenvalue weighted by molar-refractivity contribution is 7.52. The van der Waals surface area contributed by atoms with Gasteiger partial charge in [-0.1, -0.05) is 31.5 Å². The molecule has 3 heterocycles. The number of aliphatic hydroxyl groups is 2. The average Bonchev–Trinajstić information content (AvgIpc) is 3.57. The van der Waals surface area contributed by atoms with E-state index in [0.29, 0.717) is 29.9 Å². The van der Waals surface area contributed by atoms with E-state index < -0.39 is 50.3 Å². The number of amides is 1. The van der Waals surface area contributed by atoms with Gasteiger partial charge in [0.1, 0.15) is 53.7 Å². The Kier molecular flexibility index (Phi) is 10.8. The highest BCUT2D eigenvalue weighted by atomic mass is 31.2. The van der Waals surface area contributed by atoms with Crippen LogP contribution in [0.25, 0.3) is 5.52 Å². The summed E-state index contributed by atoms with van der Waals surface area (Å²) in [5, 5.41) is 32.0. The van der Waals surface area contributed by atoms with E-state index in [-0.39, 0.29) is 17.8 Å². The van der Waals surface area contributed by atoms with Gasteiger partial charge in [-0.2, -0.15) is 10.2 Å². The minimum atomic E-state index is -4.28. The molecule has 6 atom stereocenters. The van der Waals surface area contributed by atoms with E-state index in [2.05, 4.69) is 20.5 Å². The zero-order chi connectivity index (χ0) is 32.9. The fourth-order valence-corrected chi connectivity index (χ4v) is 7.25. The molecule has 1 aliphatic carbocycles. The number of nitrogens with zero attached hydrogens (tertiary/aromatic N) is 3. The van der Waals surface area contributed by atoms with Gasteiger partial charge in [-0.25, -0.2) is 14.1 Å². The number of anilines is 1. The van der Waals surface area contributed by atoms with Crippen molar-refractivity contribution in [2.24, 2.45) is 0 Å². The predicted molar refractivity (Wildman–Crippen MR) is 167 cm³/mol. The van der Waals surface area contributed by atoms with Crippen LogP contribution in [0.1, 0.15) is 77.5 Å². The van der Waals surface area contributed by atoms with E-state index in [1.54, 1.807) is 42.5 Å². The SMILES string of the molecule is CCCC(=O)Nc1ncnn2c([C@@H]3O[C@](C)(CO[P@@](=O)(N[C@@H](C)C(=O)OC4CCCCC4)Oc4ccccc4)[C@@H](O)[C@H]3O)ccc12. The first-order chi connectivity index (χ1) is 22.0. The van der Waals surface area contributed by atoms with Crippen molar-refractivity contribution >= 4 is 31.0 Å². The van der Waals surface area contributed by atoms with E-state index >= 15 is 0 Å². The van der Waals surface area contributed by atoms with Crippen molar-refractivity contribution in [2.75, 3.05) is 11.9 Å². The minimum Gasteiger partial charge on any atom is -0.461 e. The largest absolute Gasteiger partial charge is 0.461 e. The van der Waals surface area contributed by atoms with Crippen LogP contribution >= 0.6 is 7.75 Å². The van der Waals surface area contributed by atoms with Crippen molar-refractivity contribution in [3.63, 3.8) is 0 Å². The number of hydrogen-bond donors (Lipinski definition) is 4. The van der Waals surface area contributed by atoms with Gasteiger partial charge in [0.25, 0.3) is 0 Å². The van der Waals surface area contributed by atoms with Gasteiger partial charge in [-0.05, 0) is 70.2 Å². The third-order valence-electron chi connectivity index (χ3n) is 8.19. The van der Waals surface area contributed by atoms with Crippen molar-refractivity contribution in [3.8, 4) is 5.75 Å². The molecule has 1 saturated carbocycles. The number of aliphatic hydroxyl groups excluding tert-OH is 2. The van der Waals surface area contributed by atoms with E-state index in [9.17, 15) is 24.4 Å². The number of benzene rings is 1. The first kappa shape index (κ1) is 34.0. The van der Waals surface area contributed by atoms with Crippen LogP contribution in [-0.4, -0.2) is 73.2 Å². The number of carbonyl (C=O) groups is 2. The normalized spacial score (nSPS) is 25.5. The zero-order valence-corrected chi connectivity index (χ0v) is 27.1. The summed E-state index contributed by atoms with van der Waals surface area (Å²) < 4.78 is 39.0. The number of fused-ring (bicyclic) bond motifs is 1. The number of aromatic nitrogens is 3. The average molecular weight is 660 g/mol. The molecule has 0 radical (unpaired) electrons. The summed E-state index contributed by atoms with van der Waals surface area (Å²) in [5.41, 5.74) is -0.710. The lowest BCUT2D eigenvalue weighted by Crippen LogP contribution is -2.45. The van der Waals surface area contributed by atoms with Gasteiger partial charge < -0.3 is 29.5 Å². The molecule has 5 rings (SSSR count). The summed E-state index contributed by atoms with van der Waals surface area (Å²) in [5.74, 6) is -0.266. The van der Waals surface area contributed by atoms with Gasteiger partial charge in [-0.15, -0.1) is 0 Å². The summed E-state index contributed by atoms with van der Waals surface area (Å²) in [4.78, 5) is 29.3. The summed E-state index contributed by atoms with van der Waals surface area (Å²) >= 11 is 0. The summed E-state index contributed by atoms with van der Waals surface area (Å²) in [6.07, 6.45) is 2.71. The monoisotopic (exact) mass is 659 g/mol. The molecule has 3 aromatic rings. The lowest BCUT2D eigenvalue weighted by atomic mass is 9.97. The first-order valence-corrected chi connectivity index (χ1v) is 17.2. The van der Waals surface area contributed by atoms with Gasteiger partial charge in [0.05, 0.1) is 12.3 Å². The number of nitrogens with one attached hydrogen (secondary N) is 2. The van der Waals surface area contributed by atoms with Crippen molar-refractivity contribution in [2.45, 2.75) is 102 Å². The molecule has 2 aliphatic rings. The fourth-order valence-electron chi connectivity index (χ4n) is 5.66. The van der Waals surface area contributed by atoms with Crippen LogP contribution in [0.2, 0.25) is 0 Å². The van der Waals surface area contributed by atoms with Crippen LogP contribution < -0.4 is 14.9 Å². The fraction of sp³-hybridized carbons (Fsp3) is 0.548. The summed E-state index contributed by atoms with van der Waals surface area (Å²) in [6.45, 7) is 4.43. The van der Waals surface area contributed by atoms with Crippen LogP contribution in [0, 0.1) is 0 Å². The van der Waals surface area contributed by atoms with Crippen molar-refractivity contribution in [1.29, 1.82) is 0 Å². The van der Waals surface area contributed by atoms with Gasteiger partial charge >= 0.3 is 13.7 Å². The number of carbonyl (C=O) groups excluding carboxylic acids is 2. The third kappa shape index (κ3) is 7.76. The van der Waals surface area contributed by atoms with Gasteiger partial charge in [-0.3, -0.25) is 14.1 Å². The molecule has 2 aromatic heterocycles. The lowest BCUT2D eigenvalue weighted by Gasteiger charge is -2.30. The zero-order valence-electron chi connectivity index (χ0n) is 26.2. The second-order valence-electron chi connectivity index (χ2n) is 12.0. The molecule has 4 N–H and O–H groups in total. The summed E-state index contributed by atoms with van der Waals surface area (Å²) in [7, 11) is -4.28. The molecule has 2 fully saturated rings. The maximum Gasteiger partial charge on any atom is 0.459 e. The van der Waals surface area contributed by atoms with Crippen molar-refractivity contribution in [3.05, 3.63) is 54.5 Å². The molecule has 46 heavy (non-hydrogen) atoms. The highest BCUT2D eigenvalue weighted by Crippen LogP contribution is 2.48. The topological polar surface area (TPSA) is 183 Å².